The first-order valence-electron chi connectivity index (χ1n) is 8.67. The molecule has 0 bridgehead atoms. The number of hydrogen-bond donors (Lipinski definition) is 1. The Labute approximate surface area is 156 Å². The van der Waals surface area contributed by atoms with Crippen molar-refractivity contribution in [2.24, 2.45) is 0 Å². The molecule has 4 rings (SSSR count). The lowest BCUT2D eigenvalue weighted by Gasteiger charge is -2.28. The maximum Gasteiger partial charge on any atom is 0.202 e. The minimum Gasteiger partial charge on any atom is -0.316 e. The summed E-state index contributed by atoms with van der Waals surface area (Å²) in [5.41, 5.74) is 1.13. The smallest absolute Gasteiger partial charge is 0.202 e. The van der Waals surface area contributed by atoms with E-state index in [-0.39, 0.29) is 0 Å². The molecule has 1 saturated heterocycles. The zero-order chi connectivity index (χ0) is 17.2. The molecule has 0 saturated carbocycles. The molecule has 1 aliphatic heterocycles. The molecule has 0 amide bonds. The van der Waals surface area contributed by atoms with Crippen molar-refractivity contribution in [3.63, 3.8) is 0 Å². The lowest BCUT2D eigenvalue weighted by atomic mass is 9.99. The van der Waals surface area contributed by atoms with Gasteiger partial charge in [0.05, 0.1) is 29.2 Å². The molecule has 0 aliphatic carbocycles. The number of nitrogens with one attached hydrogen (secondary N) is 1. The molecule has 2 atom stereocenters. The number of rotatable bonds is 5. The number of quaternary nitrogens is 1. The predicted octanol–water partition coefficient (Wildman–Crippen LogP) is 2.63. The van der Waals surface area contributed by atoms with E-state index in [1.165, 1.54) is 27.4 Å². The lowest BCUT2D eigenvalue weighted by Crippen LogP contribution is -3.12. The van der Waals surface area contributed by atoms with Crippen LogP contribution in [0.1, 0.15) is 23.8 Å². The maximum atomic E-state index is 5.52. The van der Waals surface area contributed by atoms with Gasteiger partial charge in [-0.05, 0) is 37.2 Å². The Hall–Kier alpha value is -1.83. The Balaban J connectivity index is 1.49. The Kier molecular flexibility index (Phi) is 4.78. The van der Waals surface area contributed by atoms with Crippen LogP contribution in [0.2, 0.25) is 0 Å². The highest BCUT2D eigenvalue weighted by atomic mass is 32.1. The molecule has 1 aliphatic rings. The van der Waals surface area contributed by atoms with E-state index in [4.69, 9.17) is 17.2 Å². The van der Waals surface area contributed by atoms with Crippen LogP contribution in [0.3, 0.4) is 0 Å². The van der Waals surface area contributed by atoms with E-state index in [0.717, 1.165) is 30.0 Å². The van der Waals surface area contributed by atoms with E-state index in [1.807, 2.05) is 26.7 Å². The van der Waals surface area contributed by atoms with Crippen molar-refractivity contribution in [1.29, 1.82) is 0 Å². The second-order valence-corrected chi connectivity index (χ2v) is 8.00. The van der Waals surface area contributed by atoms with E-state index < -0.39 is 0 Å². The number of hydrogen-bond acceptors (Lipinski definition) is 4. The third-order valence-electron chi connectivity index (χ3n) is 4.77. The molecule has 7 heteroatoms. The first-order valence-corrected chi connectivity index (χ1v) is 9.89. The third-order valence-corrected chi connectivity index (χ3v) is 6.42. The molecule has 25 heavy (non-hydrogen) atoms. The van der Waals surface area contributed by atoms with Crippen molar-refractivity contribution < 1.29 is 4.90 Å². The number of para-hydroxylation sites is 1. The maximum absolute atomic E-state index is 5.52. The summed E-state index contributed by atoms with van der Waals surface area (Å²) in [5.74, 6) is 0.533. The number of nitrogens with zero attached hydrogens (tertiary/aromatic N) is 4. The quantitative estimate of drug-likeness (QED) is 0.553. The SMILES string of the molecule is C=CCn1cnn(C[NH+]2CCC[C@@H](c3nc4ccccc4s3)C2)c1=S. The molecule has 3 aromatic rings. The van der Waals surface area contributed by atoms with E-state index in [9.17, 15) is 0 Å². The van der Waals surface area contributed by atoms with Crippen LogP contribution in [0.25, 0.3) is 10.2 Å². The number of likely N-dealkylation sites (tertiary alicyclic amines) is 1. The van der Waals surface area contributed by atoms with Gasteiger partial charge in [0.1, 0.15) is 11.3 Å². The second kappa shape index (κ2) is 7.19. The molecule has 3 heterocycles. The average Bonchev–Trinajstić information content (AvgIpc) is 3.21. The van der Waals surface area contributed by atoms with Gasteiger partial charge in [-0.2, -0.15) is 9.78 Å². The number of fused-ring (bicyclic) bond motifs is 1. The molecule has 5 nitrogen and oxygen atoms in total. The highest BCUT2D eigenvalue weighted by Crippen LogP contribution is 2.30. The highest BCUT2D eigenvalue weighted by Gasteiger charge is 2.27. The summed E-state index contributed by atoms with van der Waals surface area (Å²) >= 11 is 7.36. The van der Waals surface area contributed by atoms with E-state index >= 15 is 0 Å². The summed E-state index contributed by atoms with van der Waals surface area (Å²) in [6.45, 7) is 7.56. The van der Waals surface area contributed by atoms with Crippen molar-refractivity contribution in [3.05, 3.63) is 53.0 Å². The number of thiazole rings is 1. The summed E-state index contributed by atoms with van der Waals surface area (Å²) in [6, 6.07) is 8.42. The van der Waals surface area contributed by atoms with Crippen LogP contribution in [-0.4, -0.2) is 32.4 Å². The Morgan fingerprint density at radius 3 is 3.12 bits per heavy atom. The molecule has 130 valence electrons. The van der Waals surface area contributed by atoms with Crippen molar-refractivity contribution >= 4 is 33.8 Å². The monoisotopic (exact) mass is 372 g/mol. The van der Waals surface area contributed by atoms with E-state index in [0.29, 0.717) is 12.5 Å². The van der Waals surface area contributed by atoms with Crippen LogP contribution in [0.15, 0.2) is 43.2 Å². The fraction of sp³-hybridized carbons (Fsp3) is 0.389. The third kappa shape index (κ3) is 3.44. The predicted molar refractivity (Wildman–Crippen MR) is 104 cm³/mol. The zero-order valence-corrected chi connectivity index (χ0v) is 15.7. The minimum atomic E-state index is 0.533. The van der Waals surface area contributed by atoms with Crippen LogP contribution < -0.4 is 4.90 Å². The van der Waals surface area contributed by atoms with Crippen molar-refractivity contribution in [2.45, 2.75) is 32.0 Å². The highest BCUT2D eigenvalue weighted by molar-refractivity contribution is 7.71. The Bertz CT molecular complexity index is 905. The summed E-state index contributed by atoms with van der Waals surface area (Å²) in [5, 5.41) is 5.73. The van der Waals surface area contributed by atoms with Gasteiger partial charge < -0.3 is 9.47 Å². The van der Waals surface area contributed by atoms with Gasteiger partial charge in [-0.25, -0.2) is 4.98 Å². The summed E-state index contributed by atoms with van der Waals surface area (Å²) in [6.07, 6.45) is 6.09. The van der Waals surface area contributed by atoms with Gasteiger partial charge in [0, 0.05) is 6.54 Å². The topological polar surface area (TPSA) is 40.1 Å². The standard InChI is InChI=1S/C18H21N5S2/c1-2-9-22-12-19-23(18(22)24)13-21-10-5-6-14(11-21)17-20-15-7-3-4-8-16(15)25-17/h2-4,7-8,12,14H,1,5-6,9-11,13H2/p+1/t14-/m1/s1. The molecule has 0 radical (unpaired) electrons. The van der Waals surface area contributed by atoms with Crippen LogP contribution >= 0.6 is 23.6 Å². The van der Waals surface area contributed by atoms with Crippen molar-refractivity contribution in [2.75, 3.05) is 13.1 Å². The van der Waals surface area contributed by atoms with Gasteiger partial charge >= 0.3 is 0 Å². The molecule has 0 spiro atoms. The molecular weight excluding hydrogens is 350 g/mol. The second-order valence-electron chi connectivity index (χ2n) is 6.58. The first-order chi connectivity index (χ1) is 12.2. The number of aromatic nitrogens is 4. The fourth-order valence-corrected chi connectivity index (χ4v) is 4.86. The number of allylic oxidation sites excluding steroid dienone is 1. The van der Waals surface area contributed by atoms with Crippen LogP contribution in [0.5, 0.6) is 0 Å². The molecule has 1 unspecified atom stereocenters. The Morgan fingerprint density at radius 2 is 2.28 bits per heavy atom. The van der Waals surface area contributed by atoms with Crippen LogP contribution in [0, 0.1) is 4.77 Å². The largest absolute Gasteiger partial charge is 0.316 e. The summed E-state index contributed by atoms with van der Waals surface area (Å²) in [4.78, 5) is 6.39. The van der Waals surface area contributed by atoms with Gasteiger partial charge in [0.15, 0.2) is 6.67 Å². The fourth-order valence-electron chi connectivity index (χ4n) is 3.53. The number of benzene rings is 1. The van der Waals surface area contributed by atoms with Gasteiger partial charge in [0.2, 0.25) is 4.77 Å². The molecular formula is C18H22N5S2+. The molecule has 2 aromatic heterocycles. The van der Waals surface area contributed by atoms with Gasteiger partial charge in [-0.1, -0.05) is 18.2 Å². The molecule has 1 aromatic carbocycles. The Morgan fingerprint density at radius 1 is 1.40 bits per heavy atom. The molecule has 1 N–H and O–H groups in total. The normalized spacial score (nSPS) is 20.8. The van der Waals surface area contributed by atoms with E-state index in [1.54, 1.807) is 6.33 Å². The van der Waals surface area contributed by atoms with Crippen molar-refractivity contribution in [1.82, 2.24) is 19.3 Å². The summed E-state index contributed by atoms with van der Waals surface area (Å²) in [7, 11) is 0. The number of piperidine rings is 1. The van der Waals surface area contributed by atoms with Gasteiger partial charge in [0.25, 0.3) is 0 Å². The van der Waals surface area contributed by atoms with Gasteiger partial charge in [-0.15, -0.1) is 17.9 Å². The first kappa shape index (κ1) is 16.6. The van der Waals surface area contributed by atoms with E-state index in [2.05, 4.69) is 35.9 Å². The lowest BCUT2D eigenvalue weighted by molar-refractivity contribution is -0.929. The van der Waals surface area contributed by atoms with Crippen molar-refractivity contribution in [3.8, 4) is 0 Å². The van der Waals surface area contributed by atoms with Gasteiger partial charge in [-0.3, -0.25) is 0 Å². The van der Waals surface area contributed by atoms with Crippen LogP contribution in [0.4, 0.5) is 0 Å². The average molecular weight is 373 g/mol. The molecule has 1 fully saturated rings. The zero-order valence-electron chi connectivity index (χ0n) is 14.1. The van der Waals surface area contributed by atoms with Crippen LogP contribution in [-0.2, 0) is 13.2 Å². The summed E-state index contributed by atoms with van der Waals surface area (Å²) < 4.78 is 5.95. The minimum absolute atomic E-state index is 0.533.